The summed E-state index contributed by atoms with van der Waals surface area (Å²) in [7, 11) is 0. The number of carboxylic acid groups (broad SMARTS) is 1. The quantitative estimate of drug-likeness (QED) is 0.501. The molecule has 1 aliphatic rings. The van der Waals surface area contributed by atoms with Crippen molar-refractivity contribution in [3.63, 3.8) is 0 Å². The highest BCUT2D eigenvalue weighted by Gasteiger charge is 2.29. The number of carbonyl (C=O) groups is 1. The lowest BCUT2D eigenvalue weighted by molar-refractivity contribution is -0.0699. The Morgan fingerprint density at radius 2 is 1.91 bits per heavy atom. The summed E-state index contributed by atoms with van der Waals surface area (Å²) in [5.41, 5.74) is 2.38. The summed E-state index contributed by atoms with van der Waals surface area (Å²) in [6.45, 7) is 2.76. The van der Waals surface area contributed by atoms with Crippen LogP contribution in [-0.2, 0) is 22.7 Å². The highest BCUT2D eigenvalue weighted by atomic mass is 19.1. The van der Waals surface area contributed by atoms with E-state index in [-0.39, 0.29) is 36.1 Å². The van der Waals surface area contributed by atoms with Gasteiger partial charge in [0.2, 0.25) is 5.89 Å². The molecule has 0 saturated heterocycles. The van der Waals surface area contributed by atoms with Gasteiger partial charge in [-0.2, -0.15) is 0 Å². The van der Waals surface area contributed by atoms with E-state index in [9.17, 15) is 14.3 Å². The molecule has 1 aromatic heterocycles. The predicted octanol–water partition coefficient (Wildman–Crippen LogP) is 5.47. The monoisotopic (exact) mass is 439 g/mol. The van der Waals surface area contributed by atoms with Crippen LogP contribution < -0.4 is 0 Å². The Kier molecular flexibility index (Phi) is 6.97. The minimum atomic E-state index is -0.940. The minimum Gasteiger partial charge on any atom is -0.478 e. The summed E-state index contributed by atoms with van der Waals surface area (Å²) in [5, 5.41) is 9.32. The van der Waals surface area contributed by atoms with Crippen molar-refractivity contribution in [2.45, 2.75) is 51.6 Å². The topological polar surface area (TPSA) is 81.8 Å². The summed E-state index contributed by atoms with van der Waals surface area (Å²) < 4.78 is 30.7. The molecule has 0 aliphatic heterocycles. The van der Waals surface area contributed by atoms with E-state index in [0.717, 1.165) is 19.3 Å². The van der Waals surface area contributed by atoms with E-state index < -0.39 is 5.97 Å². The van der Waals surface area contributed by atoms with Crippen LogP contribution in [0.3, 0.4) is 0 Å². The molecular formula is C25H26FNO5. The Labute approximate surface area is 186 Å². The van der Waals surface area contributed by atoms with E-state index in [2.05, 4.69) is 11.9 Å². The van der Waals surface area contributed by atoms with Crippen molar-refractivity contribution in [3.8, 4) is 11.5 Å². The van der Waals surface area contributed by atoms with Gasteiger partial charge in [-0.25, -0.2) is 14.2 Å². The summed E-state index contributed by atoms with van der Waals surface area (Å²) >= 11 is 0. The molecule has 3 unspecified atom stereocenters. The zero-order valence-corrected chi connectivity index (χ0v) is 17.9. The minimum absolute atomic E-state index is 0.0637. The third-order valence-electron chi connectivity index (χ3n) is 5.85. The van der Waals surface area contributed by atoms with E-state index in [0.29, 0.717) is 29.3 Å². The molecule has 1 N–H and O–H groups in total. The van der Waals surface area contributed by atoms with Crippen molar-refractivity contribution in [2.24, 2.45) is 5.92 Å². The second-order valence-electron chi connectivity index (χ2n) is 8.19. The molecule has 168 valence electrons. The second-order valence-corrected chi connectivity index (χ2v) is 8.19. The lowest BCUT2D eigenvalue weighted by Crippen LogP contribution is -2.33. The number of hydrogen-bond donors (Lipinski definition) is 1. The zero-order valence-electron chi connectivity index (χ0n) is 17.9. The van der Waals surface area contributed by atoms with Crippen molar-refractivity contribution >= 4 is 5.97 Å². The highest BCUT2D eigenvalue weighted by molar-refractivity contribution is 5.89. The van der Waals surface area contributed by atoms with Crippen LogP contribution in [0.4, 0.5) is 4.39 Å². The molecule has 3 aromatic rings. The smallest absolute Gasteiger partial charge is 0.336 e. The molecule has 1 aliphatic carbocycles. The molecule has 7 heteroatoms. The third-order valence-corrected chi connectivity index (χ3v) is 5.85. The Hall–Kier alpha value is -3.03. The van der Waals surface area contributed by atoms with Gasteiger partial charge in [0.25, 0.3) is 0 Å². The Morgan fingerprint density at radius 1 is 1.12 bits per heavy atom. The largest absolute Gasteiger partial charge is 0.478 e. The molecule has 4 rings (SSSR count). The van der Waals surface area contributed by atoms with E-state index in [1.54, 1.807) is 36.6 Å². The van der Waals surface area contributed by atoms with Crippen molar-refractivity contribution in [1.82, 2.24) is 4.98 Å². The fourth-order valence-corrected chi connectivity index (χ4v) is 4.07. The van der Waals surface area contributed by atoms with Gasteiger partial charge in [0.1, 0.15) is 17.8 Å². The van der Waals surface area contributed by atoms with Crippen molar-refractivity contribution < 1.29 is 28.2 Å². The van der Waals surface area contributed by atoms with Crippen LogP contribution in [0.15, 0.2) is 59.2 Å². The van der Waals surface area contributed by atoms with Gasteiger partial charge < -0.3 is 19.0 Å². The molecule has 0 bridgehead atoms. The van der Waals surface area contributed by atoms with Gasteiger partial charge in [0.05, 0.1) is 31.0 Å². The average Bonchev–Trinajstić information content (AvgIpc) is 3.27. The number of aromatic carboxylic acids is 1. The molecule has 6 nitrogen and oxygen atoms in total. The number of aromatic nitrogens is 1. The summed E-state index contributed by atoms with van der Waals surface area (Å²) in [4.78, 5) is 15.8. The zero-order chi connectivity index (χ0) is 22.5. The van der Waals surface area contributed by atoms with E-state index >= 15 is 0 Å². The number of benzene rings is 2. The second kappa shape index (κ2) is 10.1. The van der Waals surface area contributed by atoms with Gasteiger partial charge in [0.15, 0.2) is 0 Å². The molecule has 1 heterocycles. The Morgan fingerprint density at radius 3 is 2.66 bits per heavy atom. The van der Waals surface area contributed by atoms with Gasteiger partial charge >= 0.3 is 5.97 Å². The molecule has 3 atom stereocenters. The molecule has 32 heavy (non-hydrogen) atoms. The predicted molar refractivity (Wildman–Crippen MR) is 115 cm³/mol. The van der Waals surface area contributed by atoms with Crippen molar-refractivity contribution in [1.29, 1.82) is 0 Å². The van der Waals surface area contributed by atoms with Crippen LogP contribution in [0.25, 0.3) is 11.5 Å². The lowest BCUT2D eigenvalue weighted by atomic mass is 9.86. The van der Waals surface area contributed by atoms with E-state index in [1.807, 2.05) is 6.07 Å². The van der Waals surface area contributed by atoms with E-state index in [1.165, 1.54) is 12.1 Å². The first kappa shape index (κ1) is 22.2. The van der Waals surface area contributed by atoms with Crippen LogP contribution >= 0.6 is 0 Å². The highest BCUT2D eigenvalue weighted by Crippen LogP contribution is 2.30. The first-order valence-electron chi connectivity index (χ1n) is 10.7. The summed E-state index contributed by atoms with van der Waals surface area (Å²) in [6.07, 6.45) is 4.29. The average molecular weight is 439 g/mol. The van der Waals surface area contributed by atoms with Crippen LogP contribution in [0.2, 0.25) is 0 Å². The molecule has 2 aromatic carbocycles. The molecular weight excluding hydrogens is 413 g/mol. The van der Waals surface area contributed by atoms with Crippen LogP contribution in [0.1, 0.15) is 47.8 Å². The first-order chi connectivity index (χ1) is 15.5. The van der Waals surface area contributed by atoms with Gasteiger partial charge in [-0.1, -0.05) is 25.1 Å². The van der Waals surface area contributed by atoms with Crippen LogP contribution in [0, 0.1) is 11.7 Å². The number of hydrogen-bond acceptors (Lipinski definition) is 5. The summed E-state index contributed by atoms with van der Waals surface area (Å²) in [5.74, 6) is -0.512. The van der Waals surface area contributed by atoms with Gasteiger partial charge in [-0.3, -0.25) is 0 Å². The SMILES string of the molecule is CC1CC(OCc2coc(-c3ccc(F)cc3)n2)CCC1OCc1ccccc1C(=O)O. The molecule has 0 amide bonds. The number of halogens is 1. The maximum atomic E-state index is 13.1. The number of rotatable bonds is 8. The Bertz CT molecular complexity index is 1050. The van der Waals surface area contributed by atoms with Crippen molar-refractivity contribution in [2.75, 3.05) is 0 Å². The van der Waals surface area contributed by atoms with Gasteiger partial charge in [-0.15, -0.1) is 0 Å². The molecule has 0 spiro atoms. The maximum Gasteiger partial charge on any atom is 0.336 e. The summed E-state index contributed by atoms with van der Waals surface area (Å²) in [6, 6.07) is 12.9. The third kappa shape index (κ3) is 5.41. The van der Waals surface area contributed by atoms with Gasteiger partial charge in [-0.05, 0) is 61.1 Å². The normalized spacial score (nSPS) is 20.9. The van der Waals surface area contributed by atoms with Gasteiger partial charge in [0, 0.05) is 5.56 Å². The fraction of sp³-hybridized carbons (Fsp3) is 0.360. The number of ether oxygens (including phenoxy) is 2. The van der Waals surface area contributed by atoms with Crippen LogP contribution in [0.5, 0.6) is 0 Å². The number of nitrogens with zero attached hydrogens (tertiary/aromatic N) is 1. The van der Waals surface area contributed by atoms with Crippen LogP contribution in [-0.4, -0.2) is 28.3 Å². The number of carboxylic acids is 1. The number of oxazole rings is 1. The molecule has 1 fully saturated rings. The lowest BCUT2D eigenvalue weighted by Gasteiger charge is -2.34. The molecule has 0 radical (unpaired) electrons. The Balaban J connectivity index is 1.25. The molecule has 1 saturated carbocycles. The first-order valence-corrected chi connectivity index (χ1v) is 10.7. The fourth-order valence-electron chi connectivity index (χ4n) is 4.07. The van der Waals surface area contributed by atoms with E-state index in [4.69, 9.17) is 13.9 Å². The maximum absolute atomic E-state index is 13.1. The standard InChI is InChI=1S/C25H26FNO5/c1-16-12-21(10-11-23(16)31-13-18-4-2-3-5-22(18)25(28)29)30-14-20-15-32-24(27-20)17-6-8-19(26)9-7-17/h2-9,15-16,21,23H,10-14H2,1H3,(H,28,29). The van der Waals surface area contributed by atoms with Crippen molar-refractivity contribution in [3.05, 3.63) is 77.4 Å².